The standard InChI is InChI=1S/C15H19NO6S/c1-23(20,21)12-6-4-11(5-7-12)22-10-2-3-13(17)16-15(8-9-15)14(18)19/h4-7H,2-3,8-10H2,1H3,(H,16,17)(H,18,19). The molecule has 2 N–H and O–H groups in total. The average Bonchev–Trinajstić information content (AvgIpc) is 3.24. The number of hydrogen-bond acceptors (Lipinski definition) is 5. The van der Waals surface area contributed by atoms with Crippen molar-refractivity contribution in [2.24, 2.45) is 0 Å². The van der Waals surface area contributed by atoms with E-state index >= 15 is 0 Å². The predicted molar refractivity (Wildman–Crippen MR) is 82.0 cm³/mol. The number of benzene rings is 1. The van der Waals surface area contributed by atoms with Gasteiger partial charge in [-0.2, -0.15) is 0 Å². The van der Waals surface area contributed by atoms with Crippen molar-refractivity contribution in [3.05, 3.63) is 24.3 Å². The van der Waals surface area contributed by atoms with Gasteiger partial charge >= 0.3 is 5.97 Å². The molecule has 1 aliphatic rings. The van der Waals surface area contributed by atoms with Gasteiger partial charge in [0.1, 0.15) is 11.3 Å². The fourth-order valence-electron chi connectivity index (χ4n) is 2.05. The smallest absolute Gasteiger partial charge is 0.329 e. The molecule has 1 amide bonds. The van der Waals surface area contributed by atoms with Crippen molar-refractivity contribution in [2.75, 3.05) is 12.9 Å². The molecule has 0 radical (unpaired) electrons. The summed E-state index contributed by atoms with van der Waals surface area (Å²) in [5, 5.41) is 11.5. The third kappa shape index (κ3) is 4.69. The second kappa shape index (κ2) is 6.57. The molecule has 7 nitrogen and oxygen atoms in total. The zero-order chi connectivity index (χ0) is 17.1. The summed E-state index contributed by atoms with van der Waals surface area (Å²) in [7, 11) is -3.23. The van der Waals surface area contributed by atoms with Gasteiger partial charge in [-0.3, -0.25) is 4.79 Å². The molecule has 2 rings (SSSR count). The fourth-order valence-corrected chi connectivity index (χ4v) is 2.68. The van der Waals surface area contributed by atoms with E-state index in [1.54, 1.807) is 12.1 Å². The number of carboxylic acid groups (broad SMARTS) is 1. The molecule has 0 atom stereocenters. The van der Waals surface area contributed by atoms with Crippen LogP contribution in [0.25, 0.3) is 0 Å². The molecule has 0 spiro atoms. The summed E-state index contributed by atoms with van der Waals surface area (Å²) in [4.78, 5) is 22.8. The number of sulfone groups is 1. The number of carboxylic acids is 1. The van der Waals surface area contributed by atoms with Crippen LogP contribution in [0.3, 0.4) is 0 Å². The van der Waals surface area contributed by atoms with Crippen LogP contribution in [-0.2, 0) is 19.4 Å². The molecular weight excluding hydrogens is 322 g/mol. The predicted octanol–water partition coefficient (Wildman–Crippen LogP) is 0.982. The van der Waals surface area contributed by atoms with Gasteiger partial charge in [0.15, 0.2) is 9.84 Å². The molecular formula is C15H19NO6S. The Hall–Kier alpha value is -2.09. The molecule has 8 heteroatoms. The molecule has 1 aliphatic carbocycles. The van der Waals surface area contributed by atoms with Crippen molar-refractivity contribution < 1.29 is 27.9 Å². The molecule has 1 saturated carbocycles. The van der Waals surface area contributed by atoms with Crippen LogP contribution < -0.4 is 10.1 Å². The van der Waals surface area contributed by atoms with Gasteiger partial charge in [0.25, 0.3) is 0 Å². The molecule has 1 aromatic carbocycles. The molecule has 0 bridgehead atoms. The monoisotopic (exact) mass is 341 g/mol. The highest BCUT2D eigenvalue weighted by Crippen LogP contribution is 2.35. The molecule has 23 heavy (non-hydrogen) atoms. The number of rotatable bonds is 8. The first kappa shape index (κ1) is 17.3. The molecule has 0 saturated heterocycles. The quantitative estimate of drug-likeness (QED) is 0.682. The minimum absolute atomic E-state index is 0.177. The van der Waals surface area contributed by atoms with Crippen molar-refractivity contribution in [3.8, 4) is 5.75 Å². The lowest BCUT2D eigenvalue weighted by Gasteiger charge is -2.12. The molecule has 0 unspecified atom stereocenters. The summed E-state index contributed by atoms with van der Waals surface area (Å²) in [5.74, 6) is -0.781. The van der Waals surface area contributed by atoms with Gasteiger partial charge in [-0.15, -0.1) is 0 Å². The van der Waals surface area contributed by atoms with Crippen LogP contribution in [-0.4, -0.2) is 43.8 Å². The summed E-state index contributed by atoms with van der Waals surface area (Å²) < 4.78 is 28.1. The lowest BCUT2D eigenvalue weighted by Crippen LogP contribution is -2.43. The minimum atomic E-state index is -3.23. The Morgan fingerprint density at radius 3 is 2.35 bits per heavy atom. The number of carbonyl (C=O) groups is 2. The molecule has 0 aromatic heterocycles. The van der Waals surface area contributed by atoms with Crippen LogP contribution in [0.2, 0.25) is 0 Å². The van der Waals surface area contributed by atoms with Gasteiger partial charge in [0.05, 0.1) is 11.5 Å². The van der Waals surface area contributed by atoms with Crippen LogP contribution in [0.4, 0.5) is 0 Å². The third-order valence-corrected chi connectivity index (χ3v) is 4.74. The van der Waals surface area contributed by atoms with Crippen LogP contribution >= 0.6 is 0 Å². The minimum Gasteiger partial charge on any atom is -0.494 e. The van der Waals surface area contributed by atoms with Crippen molar-refractivity contribution in [1.29, 1.82) is 0 Å². The SMILES string of the molecule is CS(=O)(=O)c1ccc(OCCCC(=O)NC2(C(=O)O)CC2)cc1. The van der Waals surface area contributed by atoms with Crippen LogP contribution in [0.5, 0.6) is 5.75 Å². The van der Waals surface area contributed by atoms with E-state index in [0.29, 0.717) is 25.0 Å². The number of aliphatic carboxylic acids is 1. The summed E-state index contributed by atoms with van der Waals surface area (Å²) in [6.07, 6.45) is 2.69. The summed E-state index contributed by atoms with van der Waals surface area (Å²) in [5.41, 5.74) is -1.06. The second-order valence-electron chi connectivity index (χ2n) is 5.63. The first-order chi connectivity index (χ1) is 10.7. The highest BCUT2D eigenvalue weighted by atomic mass is 32.2. The van der Waals surface area contributed by atoms with Crippen molar-refractivity contribution in [3.63, 3.8) is 0 Å². The molecule has 1 aromatic rings. The van der Waals surface area contributed by atoms with E-state index in [1.165, 1.54) is 12.1 Å². The van der Waals surface area contributed by atoms with E-state index in [-0.39, 0.29) is 23.8 Å². The summed E-state index contributed by atoms with van der Waals surface area (Å²) in [6, 6.07) is 6.03. The van der Waals surface area contributed by atoms with Crippen LogP contribution in [0, 0.1) is 0 Å². The van der Waals surface area contributed by atoms with Gasteiger partial charge < -0.3 is 15.2 Å². The van der Waals surface area contributed by atoms with Crippen molar-refractivity contribution >= 4 is 21.7 Å². The third-order valence-electron chi connectivity index (χ3n) is 3.61. The van der Waals surface area contributed by atoms with E-state index < -0.39 is 21.3 Å². The van der Waals surface area contributed by atoms with Crippen molar-refractivity contribution in [2.45, 2.75) is 36.1 Å². The maximum Gasteiger partial charge on any atom is 0.329 e. The fraction of sp³-hybridized carbons (Fsp3) is 0.467. The first-order valence-corrected chi connectivity index (χ1v) is 9.09. The largest absolute Gasteiger partial charge is 0.494 e. The Kier molecular flexibility index (Phi) is 4.93. The van der Waals surface area contributed by atoms with Gasteiger partial charge in [0.2, 0.25) is 5.91 Å². The normalized spacial score (nSPS) is 15.7. The van der Waals surface area contributed by atoms with Gasteiger partial charge in [-0.1, -0.05) is 0 Å². The lowest BCUT2D eigenvalue weighted by atomic mass is 10.2. The van der Waals surface area contributed by atoms with Crippen LogP contribution in [0.1, 0.15) is 25.7 Å². The molecule has 126 valence electrons. The highest BCUT2D eigenvalue weighted by molar-refractivity contribution is 7.90. The lowest BCUT2D eigenvalue weighted by molar-refractivity contribution is -0.143. The Morgan fingerprint density at radius 1 is 1.26 bits per heavy atom. The average molecular weight is 341 g/mol. The number of hydrogen-bond donors (Lipinski definition) is 2. The Labute approximate surface area is 134 Å². The van der Waals surface area contributed by atoms with E-state index in [4.69, 9.17) is 9.84 Å². The molecule has 0 heterocycles. The summed E-state index contributed by atoms with van der Waals surface area (Å²) >= 11 is 0. The number of ether oxygens (including phenoxy) is 1. The van der Waals surface area contributed by atoms with Gasteiger partial charge in [0, 0.05) is 12.7 Å². The van der Waals surface area contributed by atoms with Crippen LogP contribution in [0.15, 0.2) is 29.2 Å². The Bertz CT molecular complexity index is 691. The van der Waals surface area contributed by atoms with E-state index in [9.17, 15) is 18.0 Å². The zero-order valence-electron chi connectivity index (χ0n) is 12.7. The molecule has 0 aliphatic heterocycles. The number of amides is 1. The van der Waals surface area contributed by atoms with Gasteiger partial charge in [-0.25, -0.2) is 13.2 Å². The maximum atomic E-state index is 11.7. The van der Waals surface area contributed by atoms with E-state index in [0.717, 1.165) is 6.26 Å². The number of carbonyl (C=O) groups excluding carboxylic acids is 1. The molecule has 1 fully saturated rings. The zero-order valence-corrected chi connectivity index (χ0v) is 13.6. The van der Waals surface area contributed by atoms with Gasteiger partial charge in [-0.05, 0) is 43.5 Å². The first-order valence-electron chi connectivity index (χ1n) is 7.20. The van der Waals surface area contributed by atoms with Crippen molar-refractivity contribution in [1.82, 2.24) is 5.32 Å². The summed E-state index contributed by atoms with van der Waals surface area (Å²) in [6.45, 7) is 0.283. The highest BCUT2D eigenvalue weighted by Gasteiger charge is 2.51. The topological polar surface area (TPSA) is 110 Å². The Balaban J connectivity index is 1.71. The second-order valence-corrected chi connectivity index (χ2v) is 7.65. The number of nitrogens with one attached hydrogen (secondary N) is 1. The van der Waals surface area contributed by atoms with E-state index in [1.807, 2.05) is 0 Å². The van der Waals surface area contributed by atoms with E-state index in [2.05, 4.69) is 5.32 Å². The Morgan fingerprint density at radius 2 is 1.87 bits per heavy atom. The maximum absolute atomic E-state index is 11.7.